The molecule has 0 N–H and O–H groups in total. The summed E-state index contributed by atoms with van der Waals surface area (Å²) in [6, 6.07) is 7.92. The van der Waals surface area contributed by atoms with E-state index < -0.39 is 0 Å². The molecule has 0 spiro atoms. The van der Waals surface area contributed by atoms with Crippen molar-refractivity contribution < 1.29 is 4.79 Å². The summed E-state index contributed by atoms with van der Waals surface area (Å²) in [7, 11) is 0. The zero-order valence-corrected chi connectivity index (χ0v) is 12.3. The van der Waals surface area contributed by atoms with Gasteiger partial charge in [-0.3, -0.25) is 4.79 Å². The van der Waals surface area contributed by atoms with Crippen molar-refractivity contribution in [2.75, 3.05) is 0 Å². The van der Waals surface area contributed by atoms with Crippen LogP contribution >= 0.6 is 0 Å². The van der Waals surface area contributed by atoms with Crippen molar-refractivity contribution in [2.45, 2.75) is 60.8 Å². The van der Waals surface area contributed by atoms with Gasteiger partial charge in [0.1, 0.15) is 0 Å². The minimum absolute atomic E-state index is 0.141. The molecule has 0 bridgehead atoms. The first-order valence-corrected chi connectivity index (χ1v) is 6.84. The summed E-state index contributed by atoms with van der Waals surface area (Å²) in [6.45, 7) is 11.8. The van der Waals surface area contributed by atoms with Crippen LogP contribution in [0.25, 0.3) is 0 Å². The van der Waals surface area contributed by atoms with Crippen molar-refractivity contribution in [3.8, 4) is 0 Å². The number of carbonyl (C=O) groups excluding carboxylic acids is 1. The molecule has 0 unspecified atom stereocenters. The summed E-state index contributed by atoms with van der Waals surface area (Å²) in [4.78, 5) is 11.0. The highest BCUT2D eigenvalue weighted by molar-refractivity contribution is 5.93. The molecule has 1 rings (SSSR count). The quantitative estimate of drug-likeness (QED) is 0.650. The van der Waals surface area contributed by atoms with Gasteiger partial charge >= 0.3 is 0 Å². The molecule has 0 saturated carbocycles. The number of hydrogen-bond acceptors (Lipinski definition) is 1. The van der Waals surface area contributed by atoms with E-state index >= 15 is 0 Å². The van der Waals surface area contributed by atoms with Gasteiger partial charge in [0.15, 0.2) is 5.78 Å². The Morgan fingerprint density at radius 1 is 1.00 bits per heavy atom. The highest BCUT2D eigenvalue weighted by Gasteiger charge is 1.97. The Bertz CT molecular complexity index is 272. The first-order chi connectivity index (χ1) is 8.24. The molecule has 1 aromatic rings. The largest absolute Gasteiger partial charge is 0.295 e. The highest BCUT2D eigenvalue weighted by atomic mass is 16.1. The van der Waals surface area contributed by atoms with Crippen LogP contribution in [0.4, 0.5) is 0 Å². The Hall–Kier alpha value is -1.11. The van der Waals surface area contributed by atoms with Crippen LogP contribution in [0.5, 0.6) is 0 Å². The number of Topliss-reactive ketones (excluding diaryl/α,β-unsaturated/α-hetero) is 1. The van der Waals surface area contributed by atoms with E-state index in [2.05, 4.69) is 6.92 Å². The lowest BCUT2D eigenvalue weighted by atomic mass is 10.1. The molecule has 0 heterocycles. The van der Waals surface area contributed by atoms with Crippen molar-refractivity contribution in [3.05, 3.63) is 35.4 Å². The van der Waals surface area contributed by atoms with Crippen molar-refractivity contribution in [1.82, 2.24) is 0 Å². The fourth-order valence-corrected chi connectivity index (χ4v) is 1.29. The Labute approximate surface area is 107 Å². The predicted octanol–water partition coefficient (Wildman–Crippen LogP) is 5.28. The standard InChI is InChI=1S/C12H16O.2C2H6/c1-3-4-5-11-6-8-12(9-7-11)10(2)13;2*1-2/h6-9H,3-5H2,1-2H3;2*1-2H3. The monoisotopic (exact) mass is 236 g/mol. The maximum atomic E-state index is 11.0. The fourth-order valence-electron chi connectivity index (χ4n) is 1.29. The molecule has 0 atom stereocenters. The van der Waals surface area contributed by atoms with Gasteiger partial charge in [-0.25, -0.2) is 0 Å². The van der Waals surface area contributed by atoms with Gasteiger partial charge in [0.25, 0.3) is 0 Å². The van der Waals surface area contributed by atoms with E-state index in [4.69, 9.17) is 0 Å². The number of aryl methyl sites for hydroxylation is 1. The molecule has 17 heavy (non-hydrogen) atoms. The van der Waals surface area contributed by atoms with Gasteiger partial charge in [0, 0.05) is 5.56 Å². The fraction of sp³-hybridized carbons (Fsp3) is 0.562. The second-order valence-corrected chi connectivity index (χ2v) is 3.36. The third-order valence-corrected chi connectivity index (χ3v) is 2.18. The summed E-state index contributed by atoms with van der Waals surface area (Å²) < 4.78 is 0. The zero-order chi connectivity index (χ0) is 13.7. The average molecular weight is 236 g/mol. The van der Waals surface area contributed by atoms with Crippen LogP contribution in [0.3, 0.4) is 0 Å². The lowest BCUT2D eigenvalue weighted by Gasteiger charge is -2.00. The molecule has 1 aromatic carbocycles. The van der Waals surface area contributed by atoms with E-state index in [1.807, 2.05) is 52.0 Å². The summed E-state index contributed by atoms with van der Waals surface area (Å²) >= 11 is 0. The van der Waals surface area contributed by atoms with E-state index in [9.17, 15) is 4.79 Å². The lowest BCUT2D eigenvalue weighted by molar-refractivity contribution is 0.101. The smallest absolute Gasteiger partial charge is 0.159 e. The topological polar surface area (TPSA) is 17.1 Å². The van der Waals surface area contributed by atoms with Crippen LogP contribution in [0, 0.1) is 0 Å². The summed E-state index contributed by atoms with van der Waals surface area (Å²) in [5.41, 5.74) is 2.13. The molecule has 0 amide bonds. The first kappa shape index (κ1) is 18.3. The van der Waals surface area contributed by atoms with Crippen LogP contribution in [0.2, 0.25) is 0 Å². The first-order valence-electron chi connectivity index (χ1n) is 6.84. The number of carbonyl (C=O) groups is 1. The molecular weight excluding hydrogens is 208 g/mol. The van der Waals surface area contributed by atoms with Crippen LogP contribution in [0.1, 0.15) is 70.3 Å². The van der Waals surface area contributed by atoms with Crippen LogP contribution in [-0.4, -0.2) is 5.78 Å². The molecule has 1 heteroatoms. The van der Waals surface area contributed by atoms with Crippen LogP contribution in [-0.2, 0) is 6.42 Å². The Kier molecular flexibility index (Phi) is 13.9. The number of benzene rings is 1. The minimum Gasteiger partial charge on any atom is -0.295 e. The second kappa shape index (κ2) is 13.0. The van der Waals surface area contributed by atoms with Crippen LogP contribution < -0.4 is 0 Å². The second-order valence-electron chi connectivity index (χ2n) is 3.36. The maximum absolute atomic E-state index is 11.0. The molecule has 1 nitrogen and oxygen atoms in total. The van der Waals surface area contributed by atoms with Gasteiger partial charge < -0.3 is 0 Å². The number of unbranched alkanes of at least 4 members (excludes halogenated alkanes) is 1. The molecule has 0 aromatic heterocycles. The highest BCUT2D eigenvalue weighted by Crippen LogP contribution is 2.08. The number of rotatable bonds is 4. The predicted molar refractivity (Wildman–Crippen MR) is 77.8 cm³/mol. The maximum Gasteiger partial charge on any atom is 0.159 e. The molecule has 0 radical (unpaired) electrons. The van der Waals surface area contributed by atoms with Gasteiger partial charge in [0.2, 0.25) is 0 Å². The van der Waals surface area contributed by atoms with Gasteiger partial charge in [-0.2, -0.15) is 0 Å². The van der Waals surface area contributed by atoms with Gasteiger partial charge in [-0.1, -0.05) is 65.3 Å². The SMILES string of the molecule is CC.CC.CCCCc1ccc(C(C)=O)cc1. The Balaban J connectivity index is 0. The van der Waals surface area contributed by atoms with E-state index in [1.54, 1.807) is 6.92 Å². The minimum atomic E-state index is 0.141. The van der Waals surface area contributed by atoms with Crippen molar-refractivity contribution in [3.63, 3.8) is 0 Å². The van der Waals surface area contributed by atoms with Gasteiger partial charge in [-0.05, 0) is 25.3 Å². The summed E-state index contributed by atoms with van der Waals surface area (Å²) in [5, 5.41) is 0. The molecule has 0 aliphatic rings. The van der Waals surface area contributed by atoms with Crippen LogP contribution in [0.15, 0.2) is 24.3 Å². The van der Waals surface area contributed by atoms with E-state index in [-0.39, 0.29) is 5.78 Å². The normalized spacial score (nSPS) is 8.35. The van der Waals surface area contributed by atoms with Crippen molar-refractivity contribution >= 4 is 5.78 Å². The van der Waals surface area contributed by atoms with E-state index in [1.165, 1.54) is 18.4 Å². The number of hydrogen-bond donors (Lipinski definition) is 0. The zero-order valence-electron chi connectivity index (χ0n) is 12.3. The summed E-state index contributed by atoms with van der Waals surface area (Å²) in [5.74, 6) is 0.141. The van der Waals surface area contributed by atoms with Crippen molar-refractivity contribution in [1.29, 1.82) is 0 Å². The number of ketones is 1. The third-order valence-electron chi connectivity index (χ3n) is 2.18. The molecule has 0 aliphatic heterocycles. The van der Waals surface area contributed by atoms with Gasteiger partial charge in [-0.15, -0.1) is 0 Å². The van der Waals surface area contributed by atoms with E-state index in [0.717, 1.165) is 12.0 Å². The molecular formula is C16H28O. The summed E-state index contributed by atoms with van der Waals surface area (Å²) in [6.07, 6.45) is 3.56. The third kappa shape index (κ3) is 8.67. The Morgan fingerprint density at radius 3 is 1.82 bits per heavy atom. The average Bonchev–Trinajstić information content (AvgIpc) is 2.41. The Morgan fingerprint density at radius 2 is 1.47 bits per heavy atom. The van der Waals surface area contributed by atoms with Crippen molar-refractivity contribution in [2.24, 2.45) is 0 Å². The van der Waals surface area contributed by atoms with Gasteiger partial charge in [0.05, 0.1) is 0 Å². The van der Waals surface area contributed by atoms with E-state index in [0.29, 0.717) is 0 Å². The molecule has 0 aliphatic carbocycles. The molecule has 98 valence electrons. The molecule has 0 saturated heterocycles. The lowest BCUT2D eigenvalue weighted by Crippen LogP contribution is -1.92. The molecule has 0 fully saturated rings.